The number of ether oxygens (including phenoxy) is 3. The Balaban J connectivity index is 1.72. The summed E-state index contributed by atoms with van der Waals surface area (Å²) in [6.45, 7) is 3.51. The number of amides is 1. The maximum absolute atomic E-state index is 12.2. The zero-order valence-electron chi connectivity index (χ0n) is 15.0. The highest BCUT2D eigenvalue weighted by atomic mass is 16.5. The lowest BCUT2D eigenvalue weighted by Crippen LogP contribution is -2.20. The molecule has 0 unspecified atom stereocenters. The first-order valence-corrected chi connectivity index (χ1v) is 7.88. The molecule has 8 heteroatoms. The number of carbonyl (C=O) groups is 1. The van der Waals surface area contributed by atoms with E-state index in [4.69, 9.17) is 18.6 Å². The number of aromatic nitrogens is 2. The van der Waals surface area contributed by atoms with Crippen LogP contribution in [0.5, 0.6) is 17.4 Å². The van der Waals surface area contributed by atoms with E-state index in [1.165, 1.54) is 6.33 Å². The van der Waals surface area contributed by atoms with E-state index in [0.29, 0.717) is 34.2 Å². The second kappa shape index (κ2) is 7.30. The lowest BCUT2D eigenvalue weighted by Gasteiger charge is -2.10. The van der Waals surface area contributed by atoms with Crippen molar-refractivity contribution in [3.05, 3.63) is 35.9 Å². The first-order chi connectivity index (χ1) is 12.5. The topological polar surface area (TPSA) is 95.7 Å². The Labute approximate surface area is 150 Å². The second-order valence-electron chi connectivity index (χ2n) is 5.58. The van der Waals surface area contributed by atoms with Crippen LogP contribution < -0.4 is 19.5 Å². The number of aryl methyl sites for hydroxylation is 2. The summed E-state index contributed by atoms with van der Waals surface area (Å²) in [4.78, 5) is 20.4. The minimum atomic E-state index is -0.343. The van der Waals surface area contributed by atoms with Crippen LogP contribution >= 0.6 is 0 Å². The van der Waals surface area contributed by atoms with Gasteiger partial charge in [-0.25, -0.2) is 9.97 Å². The smallest absolute Gasteiger partial charge is 0.262 e. The van der Waals surface area contributed by atoms with E-state index in [2.05, 4.69) is 15.3 Å². The third-order valence-electron chi connectivity index (χ3n) is 3.91. The van der Waals surface area contributed by atoms with Gasteiger partial charge in [0.15, 0.2) is 6.61 Å². The van der Waals surface area contributed by atoms with Crippen molar-refractivity contribution in [2.24, 2.45) is 0 Å². The van der Waals surface area contributed by atoms with Crippen LogP contribution in [0.1, 0.15) is 11.3 Å². The molecule has 26 heavy (non-hydrogen) atoms. The molecule has 1 aromatic carbocycles. The van der Waals surface area contributed by atoms with Gasteiger partial charge in [-0.05, 0) is 13.8 Å². The van der Waals surface area contributed by atoms with Crippen LogP contribution in [0.15, 0.2) is 28.9 Å². The summed E-state index contributed by atoms with van der Waals surface area (Å²) in [6.07, 6.45) is 1.34. The molecule has 0 fully saturated rings. The van der Waals surface area contributed by atoms with Crippen molar-refractivity contribution in [1.29, 1.82) is 0 Å². The molecule has 3 aromatic rings. The molecular weight excluding hydrogens is 338 g/mol. The molecule has 0 aliphatic carbocycles. The van der Waals surface area contributed by atoms with Gasteiger partial charge in [0.2, 0.25) is 11.6 Å². The van der Waals surface area contributed by atoms with Gasteiger partial charge < -0.3 is 23.9 Å². The van der Waals surface area contributed by atoms with Crippen LogP contribution in [0.25, 0.3) is 11.1 Å². The predicted molar refractivity (Wildman–Crippen MR) is 94.9 cm³/mol. The number of furan rings is 1. The Hall–Kier alpha value is -3.29. The molecule has 2 aromatic heterocycles. The zero-order chi connectivity index (χ0) is 18.7. The van der Waals surface area contributed by atoms with Gasteiger partial charge in [-0.2, -0.15) is 0 Å². The summed E-state index contributed by atoms with van der Waals surface area (Å²) in [5.41, 5.74) is 1.86. The highest BCUT2D eigenvalue weighted by Crippen LogP contribution is 2.29. The predicted octanol–water partition coefficient (Wildman–Crippen LogP) is 2.87. The number of nitrogens with one attached hydrogen (secondary N) is 1. The Bertz CT molecular complexity index is 929. The number of fused-ring (bicyclic) bond motifs is 1. The Morgan fingerprint density at radius 3 is 2.46 bits per heavy atom. The van der Waals surface area contributed by atoms with Crippen molar-refractivity contribution in [1.82, 2.24) is 9.97 Å². The number of nitrogens with zero attached hydrogens (tertiary/aromatic N) is 2. The van der Waals surface area contributed by atoms with Gasteiger partial charge in [0, 0.05) is 29.4 Å². The molecule has 0 radical (unpaired) electrons. The van der Waals surface area contributed by atoms with Gasteiger partial charge in [-0.3, -0.25) is 4.79 Å². The molecular formula is C18H19N3O5. The molecule has 8 nitrogen and oxygen atoms in total. The molecule has 0 aliphatic heterocycles. The fourth-order valence-electron chi connectivity index (χ4n) is 2.47. The molecule has 0 atom stereocenters. The maximum Gasteiger partial charge on any atom is 0.262 e. The van der Waals surface area contributed by atoms with E-state index in [-0.39, 0.29) is 12.5 Å². The molecule has 1 amide bonds. The number of hydrogen-bond donors (Lipinski definition) is 1. The minimum Gasteiger partial charge on any atom is -0.497 e. The Morgan fingerprint density at radius 1 is 1.12 bits per heavy atom. The minimum absolute atomic E-state index is 0.213. The Kier molecular flexibility index (Phi) is 4.92. The molecule has 0 saturated heterocycles. The molecule has 0 bridgehead atoms. The summed E-state index contributed by atoms with van der Waals surface area (Å²) in [5.74, 6) is 1.84. The number of carbonyl (C=O) groups excluding carboxylic acids is 1. The van der Waals surface area contributed by atoms with E-state index < -0.39 is 0 Å². The summed E-state index contributed by atoms with van der Waals surface area (Å²) >= 11 is 0. The molecule has 2 heterocycles. The molecule has 3 rings (SSSR count). The fourth-order valence-corrected chi connectivity index (χ4v) is 2.47. The van der Waals surface area contributed by atoms with E-state index in [9.17, 15) is 4.79 Å². The lowest BCUT2D eigenvalue weighted by molar-refractivity contribution is -0.118. The van der Waals surface area contributed by atoms with Crippen LogP contribution in [0, 0.1) is 13.8 Å². The number of anilines is 1. The number of benzene rings is 1. The van der Waals surface area contributed by atoms with Crippen molar-refractivity contribution >= 4 is 22.7 Å². The van der Waals surface area contributed by atoms with Crippen molar-refractivity contribution in [2.75, 3.05) is 26.1 Å². The zero-order valence-corrected chi connectivity index (χ0v) is 15.0. The third-order valence-corrected chi connectivity index (χ3v) is 3.91. The highest BCUT2D eigenvalue weighted by Gasteiger charge is 2.16. The maximum atomic E-state index is 12.2. The third kappa shape index (κ3) is 3.53. The monoisotopic (exact) mass is 357 g/mol. The summed E-state index contributed by atoms with van der Waals surface area (Å²) < 4.78 is 21.5. The van der Waals surface area contributed by atoms with Gasteiger partial charge in [-0.15, -0.1) is 0 Å². The second-order valence-corrected chi connectivity index (χ2v) is 5.58. The quantitative estimate of drug-likeness (QED) is 0.724. The summed E-state index contributed by atoms with van der Waals surface area (Å²) in [5, 5.41) is 3.41. The molecule has 136 valence electrons. The lowest BCUT2D eigenvalue weighted by atomic mass is 10.2. The largest absolute Gasteiger partial charge is 0.497 e. The normalized spacial score (nSPS) is 10.6. The number of hydrogen-bond acceptors (Lipinski definition) is 7. The van der Waals surface area contributed by atoms with Crippen LogP contribution in [0.2, 0.25) is 0 Å². The van der Waals surface area contributed by atoms with Crippen LogP contribution in [-0.4, -0.2) is 36.7 Å². The van der Waals surface area contributed by atoms with Gasteiger partial charge >= 0.3 is 0 Å². The standard InChI is InChI=1S/C18H19N3O5/c1-10-11(2)26-18-16(10)17(19-9-20-18)25-8-15(22)21-12-5-13(23-3)7-14(6-12)24-4/h5-7,9H,8H2,1-4H3,(H,21,22). The van der Waals surface area contributed by atoms with Crippen molar-refractivity contribution < 1.29 is 23.4 Å². The average molecular weight is 357 g/mol. The fraction of sp³-hybridized carbons (Fsp3) is 0.278. The molecule has 0 saturated carbocycles. The van der Waals surface area contributed by atoms with Gasteiger partial charge in [0.05, 0.1) is 14.2 Å². The van der Waals surface area contributed by atoms with Crippen LogP contribution in [0.3, 0.4) is 0 Å². The molecule has 0 aliphatic rings. The summed E-state index contributed by atoms with van der Waals surface area (Å²) in [7, 11) is 3.08. The van der Waals surface area contributed by atoms with Gasteiger partial charge in [0.1, 0.15) is 29.0 Å². The number of rotatable bonds is 6. The van der Waals surface area contributed by atoms with E-state index >= 15 is 0 Å². The molecule has 1 N–H and O–H groups in total. The van der Waals surface area contributed by atoms with Crippen LogP contribution in [-0.2, 0) is 4.79 Å². The number of methoxy groups -OCH3 is 2. The first kappa shape index (κ1) is 17.5. The van der Waals surface area contributed by atoms with E-state index in [0.717, 1.165) is 11.3 Å². The van der Waals surface area contributed by atoms with Gasteiger partial charge in [0.25, 0.3) is 5.91 Å². The Morgan fingerprint density at radius 2 is 1.81 bits per heavy atom. The van der Waals surface area contributed by atoms with Gasteiger partial charge in [-0.1, -0.05) is 0 Å². The van der Waals surface area contributed by atoms with Crippen molar-refractivity contribution in [3.63, 3.8) is 0 Å². The first-order valence-electron chi connectivity index (χ1n) is 7.88. The SMILES string of the molecule is COc1cc(NC(=O)COc2ncnc3oc(C)c(C)c23)cc(OC)c1. The van der Waals surface area contributed by atoms with E-state index in [1.54, 1.807) is 32.4 Å². The van der Waals surface area contributed by atoms with Crippen molar-refractivity contribution in [3.8, 4) is 17.4 Å². The summed E-state index contributed by atoms with van der Waals surface area (Å²) in [6, 6.07) is 5.09. The molecule has 0 spiro atoms. The average Bonchev–Trinajstić information content (AvgIpc) is 2.94. The highest BCUT2D eigenvalue weighted by molar-refractivity contribution is 5.92. The van der Waals surface area contributed by atoms with Crippen molar-refractivity contribution in [2.45, 2.75) is 13.8 Å². The van der Waals surface area contributed by atoms with Crippen LogP contribution in [0.4, 0.5) is 5.69 Å². The van der Waals surface area contributed by atoms with E-state index in [1.807, 2.05) is 13.8 Å².